The normalized spacial score (nSPS) is 13.6. The minimum Gasteiger partial charge on any atom is -0.370 e. The molecule has 0 fully saturated rings. The summed E-state index contributed by atoms with van der Waals surface area (Å²) in [5.41, 5.74) is 5.91. The molecule has 0 radical (unpaired) electrons. The van der Waals surface area contributed by atoms with Crippen molar-refractivity contribution in [1.29, 1.82) is 0 Å². The van der Waals surface area contributed by atoms with E-state index in [2.05, 4.69) is 39.3 Å². The number of primary amides is 1. The smallest absolute Gasteiger partial charge is 0.218 e. The van der Waals surface area contributed by atoms with Gasteiger partial charge in [-0.15, -0.1) is 0 Å². The molecule has 3 nitrogen and oxygen atoms in total. The van der Waals surface area contributed by atoms with Crippen LogP contribution in [0.5, 0.6) is 0 Å². The molecule has 0 aliphatic carbocycles. The second-order valence-corrected chi connectivity index (χ2v) is 8.12. The summed E-state index contributed by atoms with van der Waals surface area (Å²) in [5, 5.41) is 0. The molecule has 2 unspecified atom stereocenters. The SMILES string of the molecule is CCCC.CN(C)PC(CC(N)=O)CC(C)(C)C. The molecule has 0 spiro atoms. The number of rotatable bonds is 6. The first-order valence-electron chi connectivity index (χ1n) is 6.84. The van der Waals surface area contributed by atoms with E-state index in [9.17, 15) is 4.79 Å². The van der Waals surface area contributed by atoms with E-state index in [0.717, 1.165) is 6.42 Å². The number of hydrogen-bond acceptors (Lipinski definition) is 2. The summed E-state index contributed by atoms with van der Waals surface area (Å²) in [4.78, 5) is 10.9. The number of amides is 1. The molecule has 18 heavy (non-hydrogen) atoms. The second kappa shape index (κ2) is 10.8. The van der Waals surface area contributed by atoms with E-state index >= 15 is 0 Å². The van der Waals surface area contributed by atoms with Gasteiger partial charge in [0.2, 0.25) is 5.91 Å². The predicted octanol–water partition coefficient (Wildman–Crippen LogP) is 3.63. The van der Waals surface area contributed by atoms with Gasteiger partial charge in [0, 0.05) is 6.42 Å². The summed E-state index contributed by atoms with van der Waals surface area (Å²) >= 11 is 0. The maximum absolute atomic E-state index is 10.9. The van der Waals surface area contributed by atoms with Crippen LogP contribution in [0.4, 0.5) is 0 Å². The minimum atomic E-state index is -0.186. The Labute approximate surface area is 116 Å². The van der Waals surface area contributed by atoms with E-state index in [-0.39, 0.29) is 11.3 Å². The van der Waals surface area contributed by atoms with Crippen LogP contribution in [0.3, 0.4) is 0 Å². The first-order valence-corrected chi connectivity index (χ1v) is 7.86. The molecule has 4 heteroatoms. The fourth-order valence-electron chi connectivity index (χ4n) is 1.51. The zero-order valence-electron chi connectivity index (χ0n) is 13.3. The van der Waals surface area contributed by atoms with Gasteiger partial charge in [-0.2, -0.15) is 0 Å². The average molecular weight is 276 g/mol. The number of hydrogen-bond donors (Lipinski definition) is 1. The Bertz CT molecular complexity index is 210. The van der Waals surface area contributed by atoms with Gasteiger partial charge < -0.3 is 5.73 Å². The maximum Gasteiger partial charge on any atom is 0.218 e. The lowest BCUT2D eigenvalue weighted by atomic mass is 9.89. The van der Waals surface area contributed by atoms with E-state index in [1.807, 2.05) is 14.1 Å². The Balaban J connectivity index is 0. The Morgan fingerprint density at radius 2 is 1.67 bits per heavy atom. The molecule has 1 amide bonds. The van der Waals surface area contributed by atoms with E-state index < -0.39 is 0 Å². The lowest BCUT2D eigenvalue weighted by Crippen LogP contribution is -2.23. The average Bonchev–Trinajstić information content (AvgIpc) is 2.13. The van der Waals surface area contributed by atoms with Gasteiger partial charge in [-0.05, 0) is 40.3 Å². The highest BCUT2D eigenvalue weighted by Gasteiger charge is 2.20. The van der Waals surface area contributed by atoms with Crippen LogP contribution in [0.1, 0.15) is 60.3 Å². The summed E-state index contributed by atoms with van der Waals surface area (Å²) in [7, 11) is 4.75. The lowest BCUT2D eigenvalue weighted by Gasteiger charge is -2.27. The highest BCUT2D eigenvalue weighted by Crippen LogP contribution is 2.34. The van der Waals surface area contributed by atoms with Crippen molar-refractivity contribution < 1.29 is 4.79 Å². The highest BCUT2D eigenvalue weighted by molar-refractivity contribution is 7.36. The molecular formula is C14H33N2OP. The van der Waals surface area contributed by atoms with Gasteiger partial charge in [0.05, 0.1) is 0 Å². The largest absolute Gasteiger partial charge is 0.370 e. The van der Waals surface area contributed by atoms with E-state index in [1.54, 1.807) is 0 Å². The van der Waals surface area contributed by atoms with Gasteiger partial charge in [-0.25, -0.2) is 0 Å². The van der Waals surface area contributed by atoms with Gasteiger partial charge >= 0.3 is 0 Å². The van der Waals surface area contributed by atoms with E-state index in [0.29, 0.717) is 20.8 Å². The van der Waals surface area contributed by atoms with Crippen molar-refractivity contribution in [1.82, 2.24) is 4.67 Å². The molecule has 0 aromatic heterocycles. The second-order valence-electron chi connectivity index (χ2n) is 6.16. The topological polar surface area (TPSA) is 46.3 Å². The van der Waals surface area contributed by atoms with Crippen LogP contribution in [0, 0.1) is 5.41 Å². The summed E-state index contributed by atoms with van der Waals surface area (Å²) in [6.45, 7) is 10.9. The molecule has 110 valence electrons. The molecule has 0 aromatic rings. The first kappa shape index (κ1) is 20.2. The zero-order valence-corrected chi connectivity index (χ0v) is 14.3. The molecule has 2 N–H and O–H groups in total. The summed E-state index contributed by atoms with van der Waals surface area (Å²) < 4.78 is 2.14. The monoisotopic (exact) mass is 276 g/mol. The maximum atomic E-state index is 10.9. The molecule has 2 atom stereocenters. The van der Waals surface area contributed by atoms with Crippen molar-refractivity contribution in [3.63, 3.8) is 0 Å². The summed E-state index contributed by atoms with van der Waals surface area (Å²) in [5.74, 6) is -0.186. The van der Waals surface area contributed by atoms with Gasteiger partial charge in [0.15, 0.2) is 0 Å². The molecule has 0 saturated carbocycles. The van der Waals surface area contributed by atoms with Crippen molar-refractivity contribution in [2.45, 2.75) is 66.0 Å². The van der Waals surface area contributed by atoms with Crippen LogP contribution in [0.15, 0.2) is 0 Å². The van der Waals surface area contributed by atoms with Gasteiger partial charge in [-0.1, -0.05) is 47.5 Å². The molecule has 0 aliphatic heterocycles. The number of unbranched alkanes of at least 4 members (excludes halogenated alkanes) is 1. The molecule has 0 heterocycles. The Hall–Kier alpha value is -0.140. The fraction of sp³-hybridized carbons (Fsp3) is 0.929. The van der Waals surface area contributed by atoms with Crippen LogP contribution in [0.25, 0.3) is 0 Å². The molecule has 0 saturated heterocycles. The van der Waals surface area contributed by atoms with E-state index in [4.69, 9.17) is 5.73 Å². The van der Waals surface area contributed by atoms with Crippen LogP contribution in [-0.2, 0) is 4.79 Å². The zero-order chi connectivity index (χ0) is 14.8. The first-order chi connectivity index (χ1) is 8.12. The van der Waals surface area contributed by atoms with Crippen LogP contribution >= 0.6 is 8.73 Å². The number of nitrogens with two attached hydrogens (primary N) is 1. The van der Waals surface area contributed by atoms with Gasteiger partial charge in [0.1, 0.15) is 0 Å². The van der Waals surface area contributed by atoms with Crippen molar-refractivity contribution in [3.8, 4) is 0 Å². The van der Waals surface area contributed by atoms with E-state index in [1.165, 1.54) is 12.8 Å². The van der Waals surface area contributed by atoms with Crippen LogP contribution < -0.4 is 5.73 Å². The number of carbonyl (C=O) groups is 1. The molecule has 0 rings (SSSR count). The van der Waals surface area contributed by atoms with Crippen LogP contribution in [0.2, 0.25) is 0 Å². The van der Waals surface area contributed by atoms with Gasteiger partial charge in [-0.3, -0.25) is 9.46 Å². The molecule has 0 aliphatic rings. The molecule has 0 aromatic carbocycles. The predicted molar refractivity (Wildman–Crippen MR) is 84.3 cm³/mol. The Kier molecular flexibility index (Phi) is 12.1. The van der Waals surface area contributed by atoms with Crippen LogP contribution in [-0.4, -0.2) is 30.3 Å². The highest BCUT2D eigenvalue weighted by atomic mass is 31.1. The van der Waals surface area contributed by atoms with Crippen molar-refractivity contribution in [2.24, 2.45) is 11.1 Å². The summed E-state index contributed by atoms with van der Waals surface area (Å²) in [6, 6.07) is 0. The molecule has 0 bridgehead atoms. The van der Waals surface area contributed by atoms with Crippen molar-refractivity contribution >= 4 is 14.6 Å². The standard InChI is InChI=1S/C10H23N2OP.C4H10/c1-10(2,3)7-8(6-9(11)13)14-12(4)5;1-3-4-2/h8,14H,6-7H2,1-5H3,(H2,11,13);3-4H2,1-2H3. The van der Waals surface area contributed by atoms with Gasteiger partial charge in [0.25, 0.3) is 0 Å². The van der Waals surface area contributed by atoms with Crippen molar-refractivity contribution in [3.05, 3.63) is 0 Å². The number of nitrogens with zero attached hydrogens (tertiary/aromatic N) is 1. The third kappa shape index (κ3) is 18.2. The Morgan fingerprint density at radius 3 is 1.89 bits per heavy atom. The summed E-state index contributed by atoms with van der Waals surface area (Å²) in [6.07, 6.45) is 4.19. The minimum absolute atomic E-state index is 0.186. The Morgan fingerprint density at radius 1 is 1.22 bits per heavy atom. The lowest BCUT2D eigenvalue weighted by molar-refractivity contribution is -0.118. The number of carbonyl (C=O) groups excluding carboxylic acids is 1. The third-order valence-corrected chi connectivity index (χ3v) is 3.54. The van der Waals surface area contributed by atoms with Crippen molar-refractivity contribution in [2.75, 3.05) is 14.1 Å². The molecular weight excluding hydrogens is 243 g/mol. The third-order valence-electron chi connectivity index (χ3n) is 2.25. The fourth-order valence-corrected chi connectivity index (χ4v) is 3.24. The quantitative estimate of drug-likeness (QED) is 0.753.